The molecule has 0 atom stereocenters. The number of thioether (sulfide) groups is 1. The van der Waals surface area contributed by atoms with E-state index in [1.165, 1.54) is 17.8 Å². The zero-order valence-corrected chi connectivity index (χ0v) is 12.2. The summed E-state index contributed by atoms with van der Waals surface area (Å²) in [6.45, 7) is 5.39. The Bertz CT molecular complexity index is 405. The predicted octanol–water partition coefficient (Wildman–Crippen LogP) is 3.77. The molecule has 0 saturated carbocycles. The predicted molar refractivity (Wildman–Crippen MR) is 77.8 cm³/mol. The van der Waals surface area contributed by atoms with Gasteiger partial charge in [-0.3, -0.25) is 0 Å². The van der Waals surface area contributed by atoms with Crippen molar-refractivity contribution >= 4 is 33.8 Å². The summed E-state index contributed by atoms with van der Waals surface area (Å²) in [5.74, 6) is 0.736. The minimum atomic E-state index is 0.612. The summed E-state index contributed by atoms with van der Waals surface area (Å²) in [5.41, 5.74) is 6.53. The lowest BCUT2D eigenvalue weighted by Crippen LogP contribution is -2.02. The average molecular weight is 269 g/mol. The normalized spacial score (nSPS) is 10.5. The van der Waals surface area contributed by atoms with Crippen LogP contribution in [0.4, 0.5) is 10.7 Å². The van der Waals surface area contributed by atoms with Gasteiger partial charge in [-0.15, -0.1) is 23.1 Å². The van der Waals surface area contributed by atoms with Gasteiger partial charge in [-0.25, -0.2) is 0 Å². The van der Waals surface area contributed by atoms with Gasteiger partial charge in [-0.1, -0.05) is 13.8 Å². The minimum Gasteiger partial charge on any atom is -0.396 e. The third-order valence-corrected chi connectivity index (χ3v) is 4.48. The standard InChI is InChI=1S/C12H19N3S2/c1-8(2)5-4-6-15-12-11(16-3)10(14)9(7-13)17-12/h8,15H,4-6,14H2,1-3H3. The van der Waals surface area contributed by atoms with Gasteiger partial charge in [0.15, 0.2) is 0 Å². The number of rotatable bonds is 6. The van der Waals surface area contributed by atoms with E-state index in [1.54, 1.807) is 11.8 Å². The van der Waals surface area contributed by atoms with Crippen LogP contribution < -0.4 is 11.1 Å². The van der Waals surface area contributed by atoms with E-state index in [0.717, 1.165) is 28.8 Å². The van der Waals surface area contributed by atoms with E-state index in [9.17, 15) is 0 Å². The number of hydrogen-bond donors (Lipinski definition) is 2. The van der Waals surface area contributed by atoms with Crippen LogP contribution in [-0.4, -0.2) is 12.8 Å². The van der Waals surface area contributed by atoms with Gasteiger partial charge in [0.25, 0.3) is 0 Å². The molecule has 1 heterocycles. The Kier molecular flexibility index (Phi) is 5.66. The molecule has 0 radical (unpaired) electrons. The molecule has 0 unspecified atom stereocenters. The van der Waals surface area contributed by atoms with Crippen molar-refractivity contribution in [3.8, 4) is 6.07 Å². The molecule has 0 aliphatic rings. The number of thiophene rings is 1. The molecule has 5 heteroatoms. The molecule has 1 aromatic rings. The number of nitrogens with two attached hydrogens (primary N) is 1. The molecule has 0 bridgehead atoms. The van der Waals surface area contributed by atoms with Gasteiger partial charge in [-0.2, -0.15) is 5.26 Å². The summed E-state index contributed by atoms with van der Waals surface area (Å²) in [5, 5.41) is 13.4. The third-order valence-electron chi connectivity index (χ3n) is 2.45. The topological polar surface area (TPSA) is 61.8 Å². The van der Waals surface area contributed by atoms with E-state index < -0.39 is 0 Å². The maximum absolute atomic E-state index is 8.94. The highest BCUT2D eigenvalue weighted by Gasteiger charge is 2.14. The molecule has 94 valence electrons. The Morgan fingerprint density at radius 3 is 2.76 bits per heavy atom. The molecular formula is C12H19N3S2. The van der Waals surface area contributed by atoms with E-state index in [2.05, 4.69) is 25.2 Å². The fourth-order valence-electron chi connectivity index (χ4n) is 1.54. The molecule has 17 heavy (non-hydrogen) atoms. The fraction of sp³-hybridized carbons (Fsp3) is 0.583. The summed E-state index contributed by atoms with van der Waals surface area (Å²) in [7, 11) is 0. The summed E-state index contributed by atoms with van der Waals surface area (Å²) < 4.78 is 0. The van der Waals surface area contributed by atoms with Crippen molar-refractivity contribution in [3.63, 3.8) is 0 Å². The average Bonchev–Trinajstić information content (AvgIpc) is 2.60. The van der Waals surface area contributed by atoms with Gasteiger partial charge >= 0.3 is 0 Å². The lowest BCUT2D eigenvalue weighted by atomic mass is 10.1. The van der Waals surface area contributed by atoms with E-state index in [1.807, 2.05) is 6.26 Å². The zero-order chi connectivity index (χ0) is 12.8. The van der Waals surface area contributed by atoms with Crippen molar-refractivity contribution in [2.45, 2.75) is 31.6 Å². The second-order valence-electron chi connectivity index (χ2n) is 4.28. The van der Waals surface area contributed by atoms with Gasteiger partial charge in [0.05, 0.1) is 10.6 Å². The summed E-state index contributed by atoms with van der Waals surface area (Å²) >= 11 is 3.05. The smallest absolute Gasteiger partial charge is 0.131 e. The van der Waals surface area contributed by atoms with Crippen LogP contribution in [0.3, 0.4) is 0 Å². The van der Waals surface area contributed by atoms with E-state index in [0.29, 0.717) is 10.6 Å². The van der Waals surface area contributed by atoms with Gasteiger partial charge in [0, 0.05) is 6.54 Å². The van der Waals surface area contributed by atoms with E-state index >= 15 is 0 Å². The Morgan fingerprint density at radius 2 is 2.24 bits per heavy atom. The summed E-state index contributed by atoms with van der Waals surface area (Å²) in [6.07, 6.45) is 4.34. The van der Waals surface area contributed by atoms with Gasteiger partial charge in [-0.05, 0) is 25.0 Å². The first kappa shape index (κ1) is 14.2. The molecule has 0 fully saturated rings. The van der Waals surface area contributed by atoms with Crippen LogP contribution in [0.5, 0.6) is 0 Å². The lowest BCUT2D eigenvalue weighted by molar-refractivity contribution is 0.567. The van der Waals surface area contributed by atoms with Gasteiger partial charge in [0.1, 0.15) is 15.9 Å². The van der Waals surface area contributed by atoms with Crippen LogP contribution in [0.2, 0.25) is 0 Å². The van der Waals surface area contributed by atoms with Crippen LogP contribution >= 0.6 is 23.1 Å². The van der Waals surface area contributed by atoms with Crippen molar-refractivity contribution in [1.29, 1.82) is 5.26 Å². The maximum Gasteiger partial charge on any atom is 0.131 e. The van der Waals surface area contributed by atoms with Crippen molar-refractivity contribution in [3.05, 3.63) is 4.88 Å². The summed E-state index contributed by atoms with van der Waals surface area (Å²) in [4.78, 5) is 1.62. The Hall–Kier alpha value is -0.860. The first-order chi connectivity index (χ1) is 8.10. The molecule has 0 aliphatic heterocycles. The van der Waals surface area contributed by atoms with Gasteiger partial charge in [0.2, 0.25) is 0 Å². The molecule has 0 aromatic carbocycles. The lowest BCUT2D eigenvalue weighted by Gasteiger charge is -2.07. The second kappa shape index (κ2) is 6.77. The minimum absolute atomic E-state index is 0.612. The molecule has 0 spiro atoms. The van der Waals surface area contributed by atoms with Crippen LogP contribution in [-0.2, 0) is 0 Å². The monoisotopic (exact) mass is 269 g/mol. The number of hydrogen-bond acceptors (Lipinski definition) is 5. The third kappa shape index (κ3) is 3.83. The molecule has 3 N–H and O–H groups in total. The molecule has 1 aromatic heterocycles. The molecule has 0 saturated heterocycles. The largest absolute Gasteiger partial charge is 0.396 e. The number of nitriles is 1. The number of nitrogen functional groups attached to an aromatic ring is 1. The number of nitrogens with zero attached hydrogens (tertiary/aromatic N) is 1. The number of nitrogens with one attached hydrogen (secondary N) is 1. The molecule has 3 nitrogen and oxygen atoms in total. The van der Waals surface area contributed by atoms with Crippen LogP contribution in [0.1, 0.15) is 31.6 Å². The fourth-order valence-corrected chi connectivity index (χ4v) is 3.40. The highest BCUT2D eigenvalue weighted by atomic mass is 32.2. The van der Waals surface area contributed by atoms with Crippen molar-refractivity contribution in [2.75, 3.05) is 23.9 Å². The van der Waals surface area contributed by atoms with Crippen molar-refractivity contribution < 1.29 is 0 Å². The molecule has 0 amide bonds. The Morgan fingerprint density at radius 1 is 1.53 bits per heavy atom. The maximum atomic E-state index is 8.94. The van der Waals surface area contributed by atoms with Crippen molar-refractivity contribution in [2.24, 2.45) is 5.92 Å². The zero-order valence-electron chi connectivity index (χ0n) is 10.5. The Labute approximate surface area is 111 Å². The molecule has 0 aliphatic carbocycles. The first-order valence-electron chi connectivity index (χ1n) is 5.70. The highest BCUT2D eigenvalue weighted by molar-refractivity contribution is 7.99. The number of anilines is 2. The first-order valence-corrected chi connectivity index (χ1v) is 7.74. The van der Waals surface area contributed by atoms with Crippen LogP contribution in [0.25, 0.3) is 0 Å². The van der Waals surface area contributed by atoms with Crippen LogP contribution in [0, 0.1) is 17.2 Å². The van der Waals surface area contributed by atoms with E-state index in [4.69, 9.17) is 11.0 Å². The van der Waals surface area contributed by atoms with Gasteiger partial charge < -0.3 is 11.1 Å². The van der Waals surface area contributed by atoms with E-state index in [-0.39, 0.29) is 0 Å². The second-order valence-corrected chi connectivity index (χ2v) is 6.12. The highest BCUT2D eigenvalue weighted by Crippen LogP contribution is 2.41. The molecular weight excluding hydrogens is 250 g/mol. The SMILES string of the molecule is CSc1c(NCCCC(C)C)sc(C#N)c1N. The quantitative estimate of drug-likeness (QED) is 0.609. The molecule has 1 rings (SSSR count). The van der Waals surface area contributed by atoms with Crippen molar-refractivity contribution in [1.82, 2.24) is 0 Å². The van der Waals surface area contributed by atoms with Crippen LogP contribution in [0.15, 0.2) is 4.90 Å². The summed E-state index contributed by atoms with van der Waals surface area (Å²) in [6, 6.07) is 2.14. The Balaban J connectivity index is 2.62.